The molecular formula is C19H15Cl2N3O2S. The molecule has 1 N–H and O–H groups in total. The van der Waals surface area contributed by atoms with Gasteiger partial charge in [-0.15, -0.1) is 0 Å². The van der Waals surface area contributed by atoms with E-state index in [0.29, 0.717) is 16.3 Å². The zero-order valence-corrected chi connectivity index (χ0v) is 16.8. The molecule has 27 heavy (non-hydrogen) atoms. The van der Waals surface area contributed by atoms with Crippen molar-refractivity contribution in [1.82, 2.24) is 5.32 Å². The standard InChI is InChI=1S/C19H15Cl2N3O2S/c1-23(2)13-6-3-11(4-7-13)9-14-17(25)22-19(27)24(18(14)26)16-8-5-12(20)10-15(16)21/h3-10H,1-2H3,(H,22,25,27)/b14-9+. The SMILES string of the molecule is CN(C)c1ccc(/C=C2\C(=O)NC(=S)N(c3ccc(Cl)cc3Cl)C2=O)cc1. The van der Waals surface area contributed by atoms with Crippen LogP contribution in [0.3, 0.4) is 0 Å². The molecule has 0 aromatic heterocycles. The molecular weight excluding hydrogens is 405 g/mol. The maximum Gasteiger partial charge on any atom is 0.270 e. The summed E-state index contributed by atoms with van der Waals surface area (Å²) < 4.78 is 0. The summed E-state index contributed by atoms with van der Waals surface area (Å²) in [5.41, 5.74) is 2.04. The zero-order chi connectivity index (χ0) is 19.7. The normalized spacial score (nSPS) is 15.9. The minimum atomic E-state index is -0.553. The molecule has 0 spiro atoms. The van der Waals surface area contributed by atoms with E-state index in [4.69, 9.17) is 35.4 Å². The molecule has 1 aliphatic heterocycles. The number of hydrogen-bond donors (Lipinski definition) is 1. The van der Waals surface area contributed by atoms with E-state index in [1.807, 2.05) is 43.3 Å². The van der Waals surface area contributed by atoms with Crippen LogP contribution in [0.15, 0.2) is 48.0 Å². The summed E-state index contributed by atoms with van der Waals surface area (Å²) in [5.74, 6) is -1.10. The first kappa shape index (κ1) is 19.4. The summed E-state index contributed by atoms with van der Waals surface area (Å²) in [6, 6.07) is 12.1. The van der Waals surface area contributed by atoms with Crippen LogP contribution in [0.5, 0.6) is 0 Å². The van der Waals surface area contributed by atoms with Crippen LogP contribution in [-0.2, 0) is 9.59 Å². The lowest BCUT2D eigenvalue weighted by atomic mass is 10.1. The maximum atomic E-state index is 13.0. The summed E-state index contributed by atoms with van der Waals surface area (Å²) in [6.07, 6.45) is 1.52. The van der Waals surface area contributed by atoms with Crippen LogP contribution in [-0.4, -0.2) is 31.0 Å². The third-order valence-corrected chi connectivity index (χ3v) is 4.80. The molecule has 8 heteroatoms. The Morgan fingerprint density at radius 3 is 2.33 bits per heavy atom. The Kier molecular flexibility index (Phi) is 5.51. The Hall–Kier alpha value is -2.41. The Morgan fingerprint density at radius 1 is 1.07 bits per heavy atom. The number of carbonyl (C=O) groups is 2. The van der Waals surface area contributed by atoms with Crippen molar-refractivity contribution in [1.29, 1.82) is 0 Å². The number of rotatable bonds is 3. The van der Waals surface area contributed by atoms with Gasteiger partial charge in [-0.1, -0.05) is 35.3 Å². The first-order chi connectivity index (χ1) is 12.8. The van der Waals surface area contributed by atoms with Crippen LogP contribution in [0.4, 0.5) is 11.4 Å². The van der Waals surface area contributed by atoms with E-state index in [-0.39, 0.29) is 15.7 Å². The van der Waals surface area contributed by atoms with Gasteiger partial charge in [0.15, 0.2) is 5.11 Å². The van der Waals surface area contributed by atoms with Gasteiger partial charge in [0.05, 0.1) is 10.7 Å². The second kappa shape index (κ2) is 7.68. The summed E-state index contributed by atoms with van der Waals surface area (Å²) in [6.45, 7) is 0. The Morgan fingerprint density at radius 2 is 1.74 bits per heavy atom. The predicted octanol–water partition coefficient (Wildman–Crippen LogP) is 3.89. The fraction of sp³-hybridized carbons (Fsp3) is 0.105. The largest absolute Gasteiger partial charge is 0.378 e. The molecule has 2 aromatic rings. The molecule has 1 aliphatic rings. The molecule has 1 saturated heterocycles. The average Bonchev–Trinajstić information content (AvgIpc) is 2.60. The molecule has 138 valence electrons. The predicted molar refractivity (Wildman–Crippen MR) is 113 cm³/mol. The number of halogens is 2. The number of nitrogens with zero attached hydrogens (tertiary/aromatic N) is 2. The first-order valence-corrected chi connectivity index (χ1v) is 9.08. The van der Waals surface area contributed by atoms with E-state index < -0.39 is 11.8 Å². The highest BCUT2D eigenvalue weighted by atomic mass is 35.5. The van der Waals surface area contributed by atoms with Gasteiger partial charge in [0.1, 0.15) is 5.57 Å². The van der Waals surface area contributed by atoms with E-state index >= 15 is 0 Å². The highest BCUT2D eigenvalue weighted by Crippen LogP contribution is 2.31. The van der Waals surface area contributed by atoms with Crippen molar-refractivity contribution < 1.29 is 9.59 Å². The van der Waals surface area contributed by atoms with Crippen molar-refractivity contribution in [2.24, 2.45) is 0 Å². The van der Waals surface area contributed by atoms with Gasteiger partial charge in [0.2, 0.25) is 0 Å². The fourth-order valence-electron chi connectivity index (χ4n) is 2.57. The van der Waals surface area contributed by atoms with Crippen LogP contribution >= 0.6 is 35.4 Å². The third kappa shape index (κ3) is 3.98. The van der Waals surface area contributed by atoms with Gasteiger partial charge in [-0.25, -0.2) is 0 Å². The van der Waals surface area contributed by atoms with Gasteiger partial charge >= 0.3 is 0 Å². The third-order valence-electron chi connectivity index (χ3n) is 3.97. The minimum Gasteiger partial charge on any atom is -0.378 e. The molecule has 0 bridgehead atoms. The van der Waals surface area contributed by atoms with Crippen molar-refractivity contribution in [2.45, 2.75) is 0 Å². The van der Waals surface area contributed by atoms with Crippen LogP contribution in [0.25, 0.3) is 6.08 Å². The Labute approximate surface area is 172 Å². The summed E-state index contributed by atoms with van der Waals surface area (Å²) >= 11 is 17.3. The van der Waals surface area contributed by atoms with Crippen LogP contribution in [0.2, 0.25) is 10.0 Å². The maximum absolute atomic E-state index is 13.0. The smallest absolute Gasteiger partial charge is 0.270 e. The molecule has 0 radical (unpaired) electrons. The lowest BCUT2D eigenvalue weighted by molar-refractivity contribution is -0.122. The molecule has 0 atom stereocenters. The van der Waals surface area contributed by atoms with Crippen molar-refractivity contribution in [3.63, 3.8) is 0 Å². The fourth-order valence-corrected chi connectivity index (χ4v) is 3.34. The molecule has 1 heterocycles. The van der Waals surface area contributed by atoms with Crippen molar-refractivity contribution >= 4 is 69.8 Å². The quantitative estimate of drug-likeness (QED) is 0.465. The molecule has 0 unspecified atom stereocenters. The molecule has 3 rings (SSSR count). The highest BCUT2D eigenvalue weighted by Gasteiger charge is 2.35. The van der Waals surface area contributed by atoms with Gasteiger partial charge < -0.3 is 4.90 Å². The Bertz CT molecular complexity index is 971. The molecule has 2 amide bonds. The number of hydrogen-bond acceptors (Lipinski definition) is 4. The second-order valence-electron chi connectivity index (χ2n) is 6.04. The van der Waals surface area contributed by atoms with E-state index in [9.17, 15) is 9.59 Å². The Balaban J connectivity index is 1.99. The number of anilines is 2. The lowest BCUT2D eigenvalue weighted by Gasteiger charge is -2.29. The summed E-state index contributed by atoms with van der Waals surface area (Å²) in [4.78, 5) is 28.5. The van der Waals surface area contributed by atoms with Crippen LogP contribution in [0, 0.1) is 0 Å². The van der Waals surface area contributed by atoms with Gasteiger partial charge in [-0.2, -0.15) is 0 Å². The summed E-state index contributed by atoms with van der Waals surface area (Å²) in [5, 5.41) is 3.18. The topological polar surface area (TPSA) is 52.7 Å². The second-order valence-corrected chi connectivity index (χ2v) is 7.27. The van der Waals surface area contributed by atoms with Gasteiger partial charge in [0, 0.05) is 24.8 Å². The monoisotopic (exact) mass is 419 g/mol. The van der Waals surface area contributed by atoms with Crippen LogP contribution in [0.1, 0.15) is 5.56 Å². The summed E-state index contributed by atoms with van der Waals surface area (Å²) in [7, 11) is 3.86. The van der Waals surface area contributed by atoms with Gasteiger partial charge in [0.25, 0.3) is 11.8 Å². The lowest BCUT2D eigenvalue weighted by Crippen LogP contribution is -2.54. The molecule has 0 aliphatic carbocycles. The van der Waals surface area contributed by atoms with E-state index in [1.165, 1.54) is 17.0 Å². The minimum absolute atomic E-state index is 0.0330. The number of benzene rings is 2. The molecule has 0 saturated carbocycles. The van der Waals surface area contributed by atoms with Gasteiger partial charge in [-0.3, -0.25) is 19.8 Å². The van der Waals surface area contributed by atoms with Gasteiger partial charge in [-0.05, 0) is 54.2 Å². The van der Waals surface area contributed by atoms with E-state index in [2.05, 4.69) is 5.32 Å². The zero-order valence-electron chi connectivity index (χ0n) is 14.5. The molecule has 2 aromatic carbocycles. The average molecular weight is 420 g/mol. The highest BCUT2D eigenvalue weighted by molar-refractivity contribution is 7.80. The number of nitrogens with one attached hydrogen (secondary N) is 1. The van der Waals surface area contributed by atoms with Crippen molar-refractivity contribution in [3.8, 4) is 0 Å². The van der Waals surface area contributed by atoms with Crippen molar-refractivity contribution in [3.05, 3.63) is 63.6 Å². The number of carbonyl (C=O) groups excluding carboxylic acids is 2. The molecule has 5 nitrogen and oxygen atoms in total. The van der Waals surface area contributed by atoms with Crippen LogP contribution < -0.4 is 15.1 Å². The first-order valence-electron chi connectivity index (χ1n) is 7.92. The van der Waals surface area contributed by atoms with E-state index in [1.54, 1.807) is 12.1 Å². The molecule has 1 fully saturated rings. The number of amides is 2. The number of thiocarbonyl (C=S) groups is 1. The van der Waals surface area contributed by atoms with Crippen molar-refractivity contribution in [2.75, 3.05) is 23.9 Å². The van der Waals surface area contributed by atoms with E-state index in [0.717, 1.165) is 5.69 Å².